The van der Waals surface area contributed by atoms with Gasteiger partial charge in [-0.1, -0.05) is 51.1 Å². The van der Waals surface area contributed by atoms with E-state index in [2.05, 4.69) is 19.2 Å². The molecule has 3 aliphatic rings. The highest BCUT2D eigenvalue weighted by Crippen LogP contribution is 2.55. The van der Waals surface area contributed by atoms with Crippen molar-refractivity contribution in [1.29, 1.82) is 0 Å². The molecule has 1 aromatic carbocycles. The predicted octanol–water partition coefficient (Wildman–Crippen LogP) is 4.19. The Hall–Kier alpha value is -1.88. The van der Waals surface area contributed by atoms with E-state index in [1.807, 2.05) is 42.2 Å². The molecule has 1 heterocycles. The van der Waals surface area contributed by atoms with Gasteiger partial charge in [-0.05, 0) is 73.7 Å². The number of aliphatic hydroxyl groups excluding tert-OH is 1. The number of likely N-dealkylation sites (tertiary alicyclic amines) is 1. The van der Waals surface area contributed by atoms with Crippen molar-refractivity contribution in [3.63, 3.8) is 0 Å². The zero-order valence-electron chi connectivity index (χ0n) is 20.6. The monoisotopic (exact) mass is 454 g/mol. The maximum absolute atomic E-state index is 13.2. The van der Waals surface area contributed by atoms with Gasteiger partial charge >= 0.3 is 0 Å². The fourth-order valence-corrected chi connectivity index (χ4v) is 7.12. The summed E-state index contributed by atoms with van der Waals surface area (Å²) in [5.41, 5.74) is 1.09. The molecular weight excluding hydrogens is 412 g/mol. The van der Waals surface area contributed by atoms with Gasteiger partial charge in [0.25, 0.3) is 0 Å². The Labute approximate surface area is 199 Å². The number of hydrogen-bond acceptors (Lipinski definition) is 3. The first-order chi connectivity index (χ1) is 15.8. The third-order valence-electron chi connectivity index (χ3n) is 9.14. The zero-order valence-corrected chi connectivity index (χ0v) is 20.6. The van der Waals surface area contributed by atoms with Gasteiger partial charge in [-0.15, -0.1) is 0 Å². The van der Waals surface area contributed by atoms with E-state index < -0.39 is 6.10 Å². The van der Waals surface area contributed by atoms with Crippen LogP contribution in [0.2, 0.25) is 0 Å². The van der Waals surface area contributed by atoms with Crippen LogP contribution in [0.1, 0.15) is 71.3 Å². The molecular formula is C28H42N2O3. The minimum Gasteiger partial charge on any atom is -0.392 e. The average molecular weight is 455 g/mol. The molecule has 1 aliphatic heterocycles. The Morgan fingerprint density at radius 2 is 1.79 bits per heavy atom. The quantitative estimate of drug-likeness (QED) is 0.701. The summed E-state index contributed by atoms with van der Waals surface area (Å²) in [6, 6.07) is 9.92. The molecule has 2 N–H and O–H groups in total. The normalized spacial score (nSPS) is 35.4. The highest BCUT2D eigenvalue weighted by atomic mass is 16.3. The summed E-state index contributed by atoms with van der Waals surface area (Å²) in [5.74, 6) is 0.402. The summed E-state index contributed by atoms with van der Waals surface area (Å²) in [6.07, 6.45) is 7.19. The summed E-state index contributed by atoms with van der Waals surface area (Å²) >= 11 is 0. The van der Waals surface area contributed by atoms with Crippen LogP contribution in [0, 0.1) is 29.1 Å². The Balaban J connectivity index is 1.43. The number of carbonyl (C=O) groups is 2. The van der Waals surface area contributed by atoms with Crippen LogP contribution in [0.25, 0.3) is 0 Å². The van der Waals surface area contributed by atoms with Crippen LogP contribution in [0.15, 0.2) is 30.3 Å². The second-order valence-electron chi connectivity index (χ2n) is 11.3. The molecule has 2 saturated carbocycles. The van der Waals surface area contributed by atoms with E-state index >= 15 is 0 Å². The van der Waals surface area contributed by atoms with Gasteiger partial charge in [-0.2, -0.15) is 0 Å². The molecule has 1 aromatic rings. The summed E-state index contributed by atoms with van der Waals surface area (Å²) in [5, 5.41) is 14.9. The van der Waals surface area contributed by atoms with Crippen molar-refractivity contribution in [2.24, 2.45) is 29.1 Å². The maximum atomic E-state index is 13.2. The lowest BCUT2D eigenvalue weighted by molar-refractivity contribution is -0.151. The Morgan fingerprint density at radius 3 is 2.48 bits per heavy atom. The van der Waals surface area contributed by atoms with E-state index in [1.54, 1.807) is 0 Å². The zero-order chi connectivity index (χ0) is 23.6. The van der Waals surface area contributed by atoms with Crippen molar-refractivity contribution in [1.82, 2.24) is 10.2 Å². The molecule has 0 spiro atoms. The van der Waals surface area contributed by atoms with Gasteiger partial charge < -0.3 is 15.3 Å². The fourth-order valence-electron chi connectivity index (χ4n) is 7.12. The molecule has 2 aliphatic carbocycles. The Morgan fingerprint density at radius 1 is 1.12 bits per heavy atom. The SMILES string of the molecule is C[C@H]1[C@@H]2[C@@H](O)[C@@H]([C@H](C)C(=O)N3CCCCC3)CC[C@@]2(C)CC[C@@H]1NC(=O)Cc1ccccc1. The number of nitrogens with zero attached hydrogens (tertiary/aromatic N) is 1. The first-order valence-corrected chi connectivity index (χ1v) is 13.1. The number of fused-ring (bicyclic) bond motifs is 1. The predicted molar refractivity (Wildman–Crippen MR) is 130 cm³/mol. The van der Waals surface area contributed by atoms with Crippen LogP contribution in [0.4, 0.5) is 0 Å². The molecule has 3 fully saturated rings. The van der Waals surface area contributed by atoms with Gasteiger partial charge in [-0.3, -0.25) is 9.59 Å². The number of nitrogens with one attached hydrogen (secondary N) is 1. The lowest BCUT2D eigenvalue weighted by Crippen LogP contribution is -2.58. The van der Waals surface area contributed by atoms with Crippen molar-refractivity contribution in [2.45, 2.75) is 84.3 Å². The van der Waals surface area contributed by atoms with Gasteiger partial charge in [-0.25, -0.2) is 0 Å². The van der Waals surface area contributed by atoms with Crippen molar-refractivity contribution in [3.8, 4) is 0 Å². The standard InChI is InChI=1S/C28H42N2O3/c1-19(27(33)30-16-8-5-9-17-30)22-12-14-28(3)15-13-23(20(2)25(28)26(22)32)29-24(31)18-21-10-6-4-7-11-21/h4,6-7,10-11,19-20,22-23,25-26,32H,5,8-9,12-18H2,1-3H3,(H,29,31)/t19-,20+,22+,23-,25+,26-,28-/m0/s1. The van der Waals surface area contributed by atoms with Gasteiger partial charge in [0.1, 0.15) is 0 Å². The molecule has 2 amide bonds. The number of aliphatic hydroxyl groups is 1. The van der Waals surface area contributed by atoms with Gasteiger partial charge in [0.15, 0.2) is 0 Å². The first kappa shape index (κ1) is 24.3. The molecule has 33 heavy (non-hydrogen) atoms. The van der Waals surface area contributed by atoms with Crippen LogP contribution >= 0.6 is 0 Å². The molecule has 5 heteroatoms. The largest absolute Gasteiger partial charge is 0.392 e. The highest BCUT2D eigenvalue weighted by Gasteiger charge is 2.54. The van der Waals surface area contributed by atoms with Crippen molar-refractivity contribution in [2.75, 3.05) is 13.1 Å². The highest BCUT2D eigenvalue weighted by molar-refractivity contribution is 5.79. The van der Waals surface area contributed by atoms with E-state index in [9.17, 15) is 14.7 Å². The summed E-state index contributed by atoms with van der Waals surface area (Å²) in [7, 11) is 0. The molecule has 0 bridgehead atoms. The molecule has 5 nitrogen and oxygen atoms in total. The third kappa shape index (κ3) is 5.13. The summed E-state index contributed by atoms with van der Waals surface area (Å²) in [4.78, 5) is 28.0. The molecule has 7 atom stereocenters. The topological polar surface area (TPSA) is 69.6 Å². The molecule has 0 radical (unpaired) electrons. The van der Waals surface area contributed by atoms with Gasteiger partial charge in [0.2, 0.25) is 11.8 Å². The van der Waals surface area contributed by atoms with E-state index in [0.717, 1.165) is 57.2 Å². The Bertz CT molecular complexity index is 822. The van der Waals surface area contributed by atoms with Crippen molar-refractivity contribution in [3.05, 3.63) is 35.9 Å². The average Bonchev–Trinajstić information content (AvgIpc) is 2.81. The van der Waals surface area contributed by atoms with Crippen molar-refractivity contribution < 1.29 is 14.7 Å². The Kier molecular flexibility index (Phi) is 7.47. The number of hydrogen-bond donors (Lipinski definition) is 2. The lowest BCUT2D eigenvalue weighted by atomic mass is 9.51. The second-order valence-corrected chi connectivity index (χ2v) is 11.3. The van der Waals surface area contributed by atoms with Crippen LogP contribution in [-0.2, 0) is 16.0 Å². The van der Waals surface area contributed by atoms with Gasteiger partial charge in [0.05, 0.1) is 12.5 Å². The molecule has 0 unspecified atom stereocenters. The smallest absolute Gasteiger partial charge is 0.225 e. The van der Waals surface area contributed by atoms with Gasteiger partial charge in [0, 0.05) is 25.0 Å². The van der Waals surface area contributed by atoms with E-state index in [0.29, 0.717) is 6.42 Å². The van der Waals surface area contributed by atoms with Crippen LogP contribution in [-0.4, -0.2) is 47.1 Å². The molecule has 1 saturated heterocycles. The maximum Gasteiger partial charge on any atom is 0.225 e. The first-order valence-electron chi connectivity index (χ1n) is 13.1. The molecule has 4 rings (SSSR count). The fraction of sp³-hybridized carbons (Fsp3) is 0.714. The number of benzene rings is 1. The molecule has 0 aromatic heterocycles. The number of piperidine rings is 1. The lowest BCUT2D eigenvalue weighted by Gasteiger charge is -2.56. The van der Waals surface area contributed by atoms with E-state index in [4.69, 9.17) is 0 Å². The minimum absolute atomic E-state index is 0.00118. The summed E-state index contributed by atoms with van der Waals surface area (Å²) in [6.45, 7) is 8.25. The summed E-state index contributed by atoms with van der Waals surface area (Å²) < 4.78 is 0. The van der Waals surface area contributed by atoms with Crippen LogP contribution in [0.5, 0.6) is 0 Å². The van der Waals surface area contributed by atoms with Crippen LogP contribution in [0.3, 0.4) is 0 Å². The van der Waals surface area contributed by atoms with E-state index in [-0.39, 0.29) is 46.9 Å². The number of carbonyl (C=O) groups excluding carboxylic acids is 2. The van der Waals surface area contributed by atoms with E-state index in [1.165, 1.54) is 6.42 Å². The van der Waals surface area contributed by atoms with Crippen LogP contribution < -0.4 is 5.32 Å². The van der Waals surface area contributed by atoms with Crippen molar-refractivity contribution >= 4 is 11.8 Å². The third-order valence-corrected chi connectivity index (χ3v) is 9.14. The molecule has 182 valence electrons. The second kappa shape index (κ2) is 10.2. The number of rotatable bonds is 5. The number of amides is 2. The minimum atomic E-state index is -0.503.